The lowest BCUT2D eigenvalue weighted by molar-refractivity contribution is 0.0473. The molecule has 4 heteroatoms. The average Bonchev–Trinajstić information content (AvgIpc) is 2.38. The van der Waals surface area contributed by atoms with E-state index in [2.05, 4.69) is 6.26 Å². The zero-order chi connectivity index (χ0) is 13.8. The molecule has 18 heavy (non-hydrogen) atoms. The first-order valence-corrected chi connectivity index (χ1v) is 7.28. The first-order chi connectivity index (χ1) is 8.42. The van der Waals surface area contributed by atoms with Crippen LogP contribution in [0.4, 0.5) is 0 Å². The van der Waals surface area contributed by atoms with Crippen LogP contribution in [0.1, 0.15) is 29.8 Å². The van der Waals surface area contributed by atoms with Crippen molar-refractivity contribution < 1.29 is 9.90 Å². The molecule has 0 unspecified atom stereocenters. The molecule has 0 bridgehead atoms. The van der Waals surface area contributed by atoms with E-state index in [4.69, 9.17) is 0 Å². The van der Waals surface area contributed by atoms with E-state index in [9.17, 15) is 9.90 Å². The third-order valence-electron chi connectivity index (χ3n) is 3.11. The minimum atomic E-state index is -0.547. The number of likely N-dealkylation sites (N-methyl/N-ethyl adjacent to an activating group) is 1. The SMILES string of the molecule is CSCc1ccc(C(=O)N(C)C(C)(C)CO)cc1. The maximum Gasteiger partial charge on any atom is 0.254 e. The number of aliphatic hydroxyl groups is 1. The summed E-state index contributed by atoms with van der Waals surface area (Å²) in [5.41, 5.74) is 1.32. The summed E-state index contributed by atoms with van der Waals surface area (Å²) in [5.74, 6) is 0.886. The van der Waals surface area contributed by atoms with Crippen molar-refractivity contribution in [2.45, 2.75) is 25.1 Å². The Hall–Kier alpha value is -1.00. The topological polar surface area (TPSA) is 40.5 Å². The highest BCUT2D eigenvalue weighted by Gasteiger charge is 2.27. The van der Waals surface area contributed by atoms with Gasteiger partial charge in [0.25, 0.3) is 5.91 Å². The molecule has 0 saturated carbocycles. The van der Waals surface area contributed by atoms with Crippen LogP contribution in [0.3, 0.4) is 0 Å². The normalized spacial score (nSPS) is 11.4. The van der Waals surface area contributed by atoms with Crippen molar-refractivity contribution in [3.63, 3.8) is 0 Å². The highest BCUT2D eigenvalue weighted by Crippen LogP contribution is 2.17. The molecule has 3 nitrogen and oxygen atoms in total. The summed E-state index contributed by atoms with van der Waals surface area (Å²) >= 11 is 1.75. The molecule has 0 aliphatic heterocycles. The van der Waals surface area contributed by atoms with Crippen LogP contribution in [0, 0.1) is 0 Å². The molecule has 0 saturated heterocycles. The fourth-order valence-corrected chi connectivity index (χ4v) is 2.01. The quantitative estimate of drug-likeness (QED) is 0.890. The van der Waals surface area contributed by atoms with Crippen molar-refractivity contribution in [1.29, 1.82) is 0 Å². The third-order valence-corrected chi connectivity index (χ3v) is 3.73. The van der Waals surface area contributed by atoms with E-state index in [-0.39, 0.29) is 12.5 Å². The fourth-order valence-electron chi connectivity index (χ4n) is 1.48. The molecule has 0 aromatic heterocycles. The number of nitrogens with zero attached hydrogens (tertiary/aromatic N) is 1. The standard InChI is InChI=1S/C14H21NO2S/c1-14(2,10-16)15(3)13(17)12-7-5-11(6-8-12)9-18-4/h5-8,16H,9-10H2,1-4H3. The van der Waals surface area contributed by atoms with Gasteiger partial charge in [0.05, 0.1) is 12.1 Å². The fraction of sp³-hybridized carbons (Fsp3) is 0.500. The molecule has 100 valence electrons. The molecular formula is C14H21NO2S. The summed E-state index contributed by atoms with van der Waals surface area (Å²) in [6, 6.07) is 7.64. The molecule has 1 rings (SSSR count). The van der Waals surface area contributed by atoms with Crippen LogP contribution < -0.4 is 0 Å². The van der Waals surface area contributed by atoms with Crippen molar-refractivity contribution in [3.05, 3.63) is 35.4 Å². The van der Waals surface area contributed by atoms with Crippen LogP contribution >= 0.6 is 11.8 Å². The lowest BCUT2D eigenvalue weighted by Crippen LogP contribution is -2.47. The molecule has 1 N–H and O–H groups in total. The summed E-state index contributed by atoms with van der Waals surface area (Å²) in [6.45, 7) is 3.62. The zero-order valence-corrected chi connectivity index (χ0v) is 12.3. The maximum atomic E-state index is 12.2. The van der Waals surface area contributed by atoms with E-state index >= 15 is 0 Å². The van der Waals surface area contributed by atoms with Crippen LogP contribution in [0.5, 0.6) is 0 Å². The summed E-state index contributed by atoms with van der Waals surface area (Å²) in [6.07, 6.45) is 2.05. The van der Waals surface area contributed by atoms with Gasteiger partial charge in [-0.3, -0.25) is 4.79 Å². The smallest absolute Gasteiger partial charge is 0.254 e. The molecule has 1 amide bonds. The van der Waals surface area contributed by atoms with Gasteiger partial charge < -0.3 is 10.0 Å². The predicted octanol–water partition coefficient (Wildman–Crippen LogP) is 2.39. The summed E-state index contributed by atoms with van der Waals surface area (Å²) in [5, 5.41) is 9.28. The number of thioether (sulfide) groups is 1. The van der Waals surface area contributed by atoms with Gasteiger partial charge in [0.2, 0.25) is 0 Å². The van der Waals surface area contributed by atoms with Crippen molar-refractivity contribution in [2.75, 3.05) is 19.9 Å². The predicted molar refractivity (Wildman–Crippen MR) is 76.9 cm³/mol. The number of rotatable bonds is 5. The second-order valence-corrected chi connectivity index (χ2v) is 5.83. The van der Waals surface area contributed by atoms with E-state index in [1.54, 1.807) is 23.7 Å². The van der Waals surface area contributed by atoms with E-state index in [1.165, 1.54) is 5.56 Å². The summed E-state index contributed by atoms with van der Waals surface area (Å²) in [4.78, 5) is 13.8. The van der Waals surface area contributed by atoms with Crippen molar-refractivity contribution >= 4 is 17.7 Å². The van der Waals surface area contributed by atoms with Crippen LogP contribution in [0.2, 0.25) is 0 Å². The largest absolute Gasteiger partial charge is 0.394 e. The van der Waals surface area contributed by atoms with E-state index in [0.29, 0.717) is 5.56 Å². The van der Waals surface area contributed by atoms with Gasteiger partial charge in [0.15, 0.2) is 0 Å². The van der Waals surface area contributed by atoms with Crippen molar-refractivity contribution in [1.82, 2.24) is 4.90 Å². The molecule has 0 aliphatic rings. The molecule has 1 aromatic carbocycles. The monoisotopic (exact) mass is 267 g/mol. The van der Waals surface area contributed by atoms with Crippen molar-refractivity contribution in [2.24, 2.45) is 0 Å². The van der Waals surface area contributed by atoms with Gasteiger partial charge in [-0.15, -0.1) is 0 Å². The molecular weight excluding hydrogens is 246 g/mol. The Morgan fingerprint density at radius 2 is 1.89 bits per heavy atom. The highest BCUT2D eigenvalue weighted by molar-refractivity contribution is 7.97. The van der Waals surface area contributed by atoms with Gasteiger partial charge in [-0.1, -0.05) is 12.1 Å². The molecule has 0 atom stereocenters. The maximum absolute atomic E-state index is 12.2. The highest BCUT2D eigenvalue weighted by atomic mass is 32.2. The zero-order valence-electron chi connectivity index (χ0n) is 11.4. The number of carbonyl (C=O) groups is 1. The molecule has 0 spiro atoms. The van der Waals surface area contributed by atoms with Crippen LogP contribution in [-0.4, -0.2) is 41.4 Å². The lowest BCUT2D eigenvalue weighted by atomic mass is 10.0. The number of amides is 1. The summed E-state index contributed by atoms with van der Waals surface area (Å²) in [7, 11) is 1.72. The minimum absolute atomic E-state index is 0.0558. The molecule has 0 heterocycles. The molecule has 0 aliphatic carbocycles. The Kier molecular flexibility index (Phi) is 5.23. The van der Waals surface area contributed by atoms with Gasteiger partial charge in [-0.05, 0) is 37.8 Å². The van der Waals surface area contributed by atoms with Crippen LogP contribution in [-0.2, 0) is 5.75 Å². The van der Waals surface area contributed by atoms with Gasteiger partial charge in [0, 0.05) is 18.4 Å². The number of hydrogen-bond acceptors (Lipinski definition) is 3. The van der Waals surface area contributed by atoms with Crippen molar-refractivity contribution in [3.8, 4) is 0 Å². The average molecular weight is 267 g/mol. The molecule has 0 fully saturated rings. The van der Waals surface area contributed by atoms with Gasteiger partial charge in [-0.25, -0.2) is 0 Å². The first kappa shape index (κ1) is 15.1. The summed E-state index contributed by atoms with van der Waals surface area (Å²) < 4.78 is 0. The Morgan fingerprint density at radius 1 is 1.33 bits per heavy atom. The number of benzene rings is 1. The van der Waals surface area contributed by atoms with E-state index < -0.39 is 5.54 Å². The van der Waals surface area contributed by atoms with E-state index in [1.807, 2.05) is 38.1 Å². The third kappa shape index (κ3) is 3.50. The van der Waals surface area contributed by atoms with Crippen LogP contribution in [0.15, 0.2) is 24.3 Å². The first-order valence-electron chi connectivity index (χ1n) is 5.89. The Morgan fingerprint density at radius 3 is 2.33 bits per heavy atom. The lowest BCUT2D eigenvalue weighted by Gasteiger charge is -2.34. The second-order valence-electron chi connectivity index (χ2n) is 4.96. The molecule has 0 radical (unpaired) electrons. The van der Waals surface area contributed by atoms with Crippen LogP contribution in [0.25, 0.3) is 0 Å². The Labute approximate surface area is 113 Å². The number of hydrogen-bond donors (Lipinski definition) is 1. The Bertz CT molecular complexity index is 401. The van der Waals surface area contributed by atoms with E-state index in [0.717, 1.165) is 5.75 Å². The second kappa shape index (κ2) is 6.25. The number of aliphatic hydroxyl groups excluding tert-OH is 1. The van der Waals surface area contributed by atoms with Gasteiger partial charge in [-0.2, -0.15) is 11.8 Å². The Balaban J connectivity index is 2.84. The van der Waals surface area contributed by atoms with Gasteiger partial charge >= 0.3 is 0 Å². The minimum Gasteiger partial charge on any atom is -0.394 e. The number of carbonyl (C=O) groups excluding carboxylic acids is 1. The van der Waals surface area contributed by atoms with Gasteiger partial charge in [0.1, 0.15) is 0 Å². The molecule has 1 aromatic rings.